The molecule has 1 aliphatic carbocycles. The number of carbonyl (C=O) groups excluding carboxylic acids is 1. The smallest absolute Gasteiger partial charge is 0.354 e. The zero-order valence-electron chi connectivity index (χ0n) is 13.4. The van der Waals surface area contributed by atoms with Crippen LogP contribution in [0.3, 0.4) is 0 Å². The van der Waals surface area contributed by atoms with Crippen LogP contribution in [0.1, 0.15) is 43.4 Å². The van der Waals surface area contributed by atoms with Gasteiger partial charge in [0.2, 0.25) is 5.91 Å². The first-order valence-corrected chi connectivity index (χ1v) is 7.89. The summed E-state index contributed by atoms with van der Waals surface area (Å²) in [7, 11) is 0. The lowest BCUT2D eigenvalue weighted by Crippen LogP contribution is -2.40. The number of amides is 1. The van der Waals surface area contributed by atoms with Crippen LogP contribution < -0.4 is 5.32 Å². The van der Waals surface area contributed by atoms with E-state index in [1.165, 1.54) is 6.07 Å². The molecule has 1 aromatic rings. The van der Waals surface area contributed by atoms with E-state index < -0.39 is 11.7 Å². The molecule has 1 aliphatic rings. The summed E-state index contributed by atoms with van der Waals surface area (Å²) >= 11 is 0. The highest BCUT2D eigenvalue weighted by atomic mass is 19.4. The van der Waals surface area contributed by atoms with Gasteiger partial charge in [0.15, 0.2) is 0 Å². The van der Waals surface area contributed by atoms with E-state index in [-0.39, 0.29) is 37.5 Å². The molecule has 1 amide bonds. The van der Waals surface area contributed by atoms with E-state index in [0.29, 0.717) is 5.56 Å². The Morgan fingerprint density at radius 1 is 1.46 bits per heavy atom. The second-order valence-electron chi connectivity index (χ2n) is 5.96. The highest BCUT2D eigenvalue weighted by molar-refractivity contribution is 5.78. The number of benzene rings is 1. The van der Waals surface area contributed by atoms with Crippen LogP contribution >= 0.6 is 0 Å². The number of alkyl halides is 3. The number of carbonyl (C=O) groups is 1. The molecule has 0 radical (unpaired) electrons. The first kappa shape index (κ1) is 18.3. The fraction of sp³-hybridized carbons (Fsp3) is 0.529. The maximum Gasteiger partial charge on any atom is 0.416 e. The number of hydrogen-bond donors (Lipinski definition) is 1. The minimum absolute atomic E-state index is 0.119. The largest absolute Gasteiger partial charge is 0.416 e. The van der Waals surface area contributed by atoms with Crippen molar-refractivity contribution >= 4 is 5.91 Å². The van der Waals surface area contributed by atoms with Crippen LogP contribution in [0.2, 0.25) is 0 Å². The summed E-state index contributed by atoms with van der Waals surface area (Å²) < 4.78 is 38.6. The normalized spacial score (nSPS) is 15.8. The maximum absolute atomic E-state index is 12.9. The first-order chi connectivity index (χ1) is 11.3. The van der Waals surface area contributed by atoms with Gasteiger partial charge in [-0.2, -0.15) is 18.4 Å². The Labute approximate surface area is 139 Å². The van der Waals surface area contributed by atoms with Crippen molar-refractivity contribution in [2.45, 2.75) is 44.4 Å². The summed E-state index contributed by atoms with van der Waals surface area (Å²) in [5.74, 6) is -0.212. The monoisotopic (exact) mass is 339 g/mol. The molecule has 1 aromatic carbocycles. The molecule has 0 heterocycles. The molecule has 1 N–H and O–H groups in total. The van der Waals surface area contributed by atoms with Crippen molar-refractivity contribution < 1.29 is 18.0 Å². The average molecular weight is 339 g/mol. The molecule has 0 aliphatic heterocycles. The summed E-state index contributed by atoms with van der Waals surface area (Å²) in [5.41, 5.74) is -0.136. The number of rotatable bonds is 7. The second kappa shape index (κ2) is 7.67. The lowest BCUT2D eigenvalue weighted by atomic mass is 10.0. The Kier molecular flexibility index (Phi) is 5.84. The van der Waals surface area contributed by atoms with Crippen LogP contribution in [0.25, 0.3) is 0 Å². The average Bonchev–Trinajstić information content (AvgIpc) is 3.36. The predicted octanol–water partition coefficient (Wildman–Crippen LogP) is 3.26. The van der Waals surface area contributed by atoms with Crippen LogP contribution in [0.5, 0.6) is 0 Å². The summed E-state index contributed by atoms with van der Waals surface area (Å²) in [6.07, 6.45) is -2.27. The highest BCUT2D eigenvalue weighted by Crippen LogP contribution is 2.36. The van der Waals surface area contributed by atoms with Gasteiger partial charge in [0.05, 0.1) is 24.6 Å². The van der Waals surface area contributed by atoms with Crippen molar-refractivity contribution in [1.29, 1.82) is 5.26 Å². The minimum Gasteiger partial charge on any atom is -0.354 e. The molecule has 0 aromatic heterocycles. The van der Waals surface area contributed by atoms with E-state index in [9.17, 15) is 18.0 Å². The number of nitrogens with zero attached hydrogens (tertiary/aromatic N) is 2. The van der Waals surface area contributed by atoms with Gasteiger partial charge >= 0.3 is 6.18 Å². The summed E-state index contributed by atoms with van der Waals surface area (Å²) in [5, 5.41) is 11.1. The fourth-order valence-electron chi connectivity index (χ4n) is 2.63. The Morgan fingerprint density at radius 3 is 2.75 bits per heavy atom. The van der Waals surface area contributed by atoms with E-state index in [0.717, 1.165) is 25.0 Å². The molecule has 0 unspecified atom stereocenters. The van der Waals surface area contributed by atoms with Crippen LogP contribution in [0.4, 0.5) is 13.2 Å². The number of nitrogens with one attached hydrogen (secondary N) is 1. The van der Waals surface area contributed by atoms with Crippen LogP contribution in [-0.4, -0.2) is 29.9 Å². The Bertz CT molecular complexity index is 620. The van der Waals surface area contributed by atoms with Crippen molar-refractivity contribution in [3.63, 3.8) is 0 Å². The van der Waals surface area contributed by atoms with E-state index in [1.54, 1.807) is 6.07 Å². The Hall–Kier alpha value is -2.07. The molecule has 4 nitrogen and oxygen atoms in total. The molecular weight excluding hydrogens is 319 g/mol. The molecular formula is C17H20F3N3O. The zero-order valence-corrected chi connectivity index (χ0v) is 13.4. The Balaban J connectivity index is 2.08. The lowest BCUT2D eigenvalue weighted by molar-refractivity contribution is -0.137. The van der Waals surface area contributed by atoms with Crippen molar-refractivity contribution in [2.24, 2.45) is 0 Å². The highest BCUT2D eigenvalue weighted by Gasteiger charge is 2.35. The van der Waals surface area contributed by atoms with Gasteiger partial charge in [0.1, 0.15) is 0 Å². The summed E-state index contributed by atoms with van der Waals surface area (Å²) in [4.78, 5) is 13.9. The van der Waals surface area contributed by atoms with Gasteiger partial charge in [0, 0.05) is 18.6 Å². The molecule has 24 heavy (non-hydrogen) atoms. The first-order valence-electron chi connectivity index (χ1n) is 7.89. The van der Waals surface area contributed by atoms with Gasteiger partial charge in [0.25, 0.3) is 0 Å². The molecule has 7 heteroatoms. The molecule has 2 rings (SSSR count). The lowest BCUT2D eigenvalue weighted by Gasteiger charge is -2.29. The van der Waals surface area contributed by atoms with Gasteiger partial charge in [-0.05, 0) is 37.5 Å². The van der Waals surface area contributed by atoms with Gasteiger partial charge in [-0.1, -0.05) is 12.1 Å². The third kappa shape index (κ3) is 4.96. The maximum atomic E-state index is 12.9. The van der Waals surface area contributed by atoms with Gasteiger partial charge < -0.3 is 5.32 Å². The van der Waals surface area contributed by atoms with E-state index in [1.807, 2.05) is 17.9 Å². The topological polar surface area (TPSA) is 56.1 Å². The molecule has 0 spiro atoms. The second-order valence-corrected chi connectivity index (χ2v) is 5.96. The molecule has 0 bridgehead atoms. The van der Waals surface area contributed by atoms with Crippen LogP contribution in [0, 0.1) is 11.3 Å². The molecule has 0 saturated heterocycles. The molecule has 1 saturated carbocycles. The summed E-state index contributed by atoms with van der Waals surface area (Å²) in [6.45, 7) is 2.22. The third-order valence-electron chi connectivity index (χ3n) is 4.09. The van der Waals surface area contributed by atoms with Crippen molar-refractivity contribution in [2.75, 3.05) is 13.1 Å². The predicted molar refractivity (Wildman–Crippen MR) is 82.8 cm³/mol. The summed E-state index contributed by atoms with van der Waals surface area (Å²) in [6, 6.07) is 7.12. The molecule has 130 valence electrons. The number of halogens is 3. The van der Waals surface area contributed by atoms with Gasteiger partial charge in [-0.25, -0.2) is 0 Å². The van der Waals surface area contributed by atoms with Crippen LogP contribution in [0.15, 0.2) is 24.3 Å². The quantitative estimate of drug-likeness (QED) is 0.776. The fourth-order valence-corrected chi connectivity index (χ4v) is 2.63. The molecule has 1 fully saturated rings. The number of hydrogen-bond acceptors (Lipinski definition) is 3. The standard InChI is InChI=1S/C17H20F3N3O/c1-12(13-4-2-5-14(10-13)17(18,19)20)23(15-6-7-15)11-16(24)22-9-3-8-21/h2,4-5,10,12,15H,3,6-7,9,11H2,1H3,(H,22,24)/t12-/m1/s1. The van der Waals surface area contributed by atoms with Crippen molar-refractivity contribution in [3.8, 4) is 6.07 Å². The minimum atomic E-state index is -4.38. The molecule has 1 atom stereocenters. The van der Waals surface area contributed by atoms with Crippen molar-refractivity contribution in [3.05, 3.63) is 35.4 Å². The van der Waals surface area contributed by atoms with Gasteiger partial charge in [-0.15, -0.1) is 0 Å². The van der Waals surface area contributed by atoms with Gasteiger partial charge in [-0.3, -0.25) is 9.69 Å². The van der Waals surface area contributed by atoms with E-state index >= 15 is 0 Å². The SMILES string of the molecule is C[C@H](c1cccc(C(F)(F)F)c1)N(CC(=O)NCCC#N)C1CC1. The van der Waals surface area contributed by atoms with E-state index in [2.05, 4.69) is 5.32 Å². The van der Waals surface area contributed by atoms with Crippen LogP contribution in [-0.2, 0) is 11.0 Å². The zero-order chi connectivity index (χ0) is 17.7. The van der Waals surface area contributed by atoms with E-state index in [4.69, 9.17) is 5.26 Å². The number of nitriles is 1. The Morgan fingerprint density at radius 2 is 2.17 bits per heavy atom. The van der Waals surface area contributed by atoms with Crippen molar-refractivity contribution in [1.82, 2.24) is 10.2 Å². The third-order valence-corrected chi connectivity index (χ3v) is 4.09.